The summed E-state index contributed by atoms with van der Waals surface area (Å²) < 4.78 is 67.9. The minimum absolute atomic E-state index is 0. The number of halogens is 2. The maximum atomic E-state index is 8.49. The minimum atomic E-state index is -4.94. The molecule has 4 aromatic rings. The van der Waals surface area contributed by atoms with Crippen LogP contribution < -0.4 is 47.9 Å². The van der Waals surface area contributed by atoms with Gasteiger partial charge in [-0.2, -0.15) is 0 Å². The fourth-order valence-electron chi connectivity index (χ4n) is 3.37. The molecule has 40 heavy (non-hydrogen) atoms. The Morgan fingerprint density at radius 1 is 0.625 bits per heavy atom. The van der Waals surface area contributed by atoms with Crippen LogP contribution in [0.25, 0.3) is 32.8 Å². The topological polar surface area (TPSA) is 260 Å². The summed E-state index contributed by atoms with van der Waals surface area (Å²) in [6.07, 6.45) is 0. The van der Waals surface area contributed by atoms with E-state index in [0.29, 0.717) is 0 Å². The van der Waals surface area contributed by atoms with Crippen LogP contribution in [-0.2, 0) is 27.3 Å². The number of hydrogen-bond donors (Lipinski definition) is 2. The second-order valence-corrected chi connectivity index (χ2v) is 11.6. The molecule has 0 aromatic carbocycles. The quantitative estimate of drug-likeness (QED) is 0.187. The number of thiazole rings is 2. The van der Waals surface area contributed by atoms with E-state index in [2.05, 4.69) is 46.6 Å². The molecule has 0 fully saturated rings. The van der Waals surface area contributed by atoms with Gasteiger partial charge in [-0.25, -0.2) is 57.2 Å². The molecule has 0 amide bonds. The Kier molecular flexibility index (Phi) is 11.7. The zero-order valence-corrected chi connectivity index (χ0v) is 28.5. The molecular formula is C21H20CdCl2N6O8S2. The summed E-state index contributed by atoms with van der Waals surface area (Å²) in [5, 5.41) is 13.0. The van der Waals surface area contributed by atoms with E-state index in [9.17, 15) is 0 Å². The number of aromatic nitrogens is 4. The van der Waals surface area contributed by atoms with Gasteiger partial charge in [-0.05, 0) is 52.0 Å². The predicted molar refractivity (Wildman–Crippen MR) is 120 cm³/mol. The SMILES string of the molecule is Cc1csc(-c2ccc3c(n2)-c2nc(-c4nc(C)cs4)ccc2NC(C)(C)N3)n1.[Cd+2].[O-][Cl+3]([O-])([O-])[O-].[O-][Cl+3]([O-])([O-])[O-]. The van der Waals surface area contributed by atoms with Crippen molar-refractivity contribution < 1.29 is 85.1 Å². The van der Waals surface area contributed by atoms with Crippen molar-refractivity contribution in [2.45, 2.75) is 33.4 Å². The molecule has 0 radical (unpaired) electrons. The smallest absolute Gasteiger partial charge is 0.361 e. The van der Waals surface area contributed by atoms with Gasteiger partial charge in [0.05, 0.1) is 22.8 Å². The number of hydrogen-bond acceptors (Lipinski definition) is 16. The monoisotopic (exact) mass is 732 g/mol. The first-order valence-corrected chi connectivity index (χ1v) is 14.8. The van der Waals surface area contributed by atoms with Gasteiger partial charge in [0.2, 0.25) is 0 Å². The molecule has 0 saturated heterocycles. The zero-order valence-electron chi connectivity index (χ0n) is 21.3. The molecule has 2 N–H and O–H groups in total. The molecule has 0 atom stereocenters. The Morgan fingerprint density at radius 2 is 0.950 bits per heavy atom. The molecule has 0 aliphatic carbocycles. The molecular weight excluding hydrogens is 712 g/mol. The van der Waals surface area contributed by atoms with E-state index in [1.807, 2.05) is 36.7 Å². The predicted octanol–water partition coefficient (Wildman–Crippen LogP) is -3.93. The fourth-order valence-corrected chi connectivity index (χ4v) is 4.90. The van der Waals surface area contributed by atoms with Crippen molar-refractivity contribution in [3.05, 3.63) is 46.4 Å². The summed E-state index contributed by atoms with van der Waals surface area (Å²) in [6.45, 7) is 8.19. The largest absolute Gasteiger partial charge is 2.00 e. The second kappa shape index (κ2) is 13.5. The van der Waals surface area contributed by atoms with Crippen molar-refractivity contribution in [2.75, 3.05) is 10.6 Å². The molecule has 0 bridgehead atoms. The van der Waals surface area contributed by atoms with Crippen LogP contribution in [0.15, 0.2) is 35.0 Å². The summed E-state index contributed by atoms with van der Waals surface area (Å²) in [5.41, 5.74) is 6.89. The van der Waals surface area contributed by atoms with Crippen LogP contribution in [0.5, 0.6) is 0 Å². The van der Waals surface area contributed by atoms with Crippen LogP contribution in [0, 0.1) is 34.3 Å². The van der Waals surface area contributed by atoms with Gasteiger partial charge in [0, 0.05) is 22.1 Å². The van der Waals surface area contributed by atoms with Gasteiger partial charge in [0.25, 0.3) is 0 Å². The molecule has 210 valence electrons. The van der Waals surface area contributed by atoms with E-state index in [1.165, 1.54) is 0 Å². The van der Waals surface area contributed by atoms with E-state index >= 15 is 0 Å². The Balaban J connectivity index is 0.000000441. The fraction of sp³-hybridized carbons (Fsp3) is 0.238. The van der Waals surface area contributed by atoms with Gasteiger partial charge < -0.3 is 10.6 Å². The number of nitrogens with one attached hydrogen (secondary N) is 2. The molecule has 0 unspecified atom stereocenters. The number of anilines is 2. The van der Waals surface area contributed by atoms with Gasteiger partial charge in [-0.1, -0.05) is 0 Å². The average molecular weight is 732 g/mol. The van der Waals surface area contributed by atoms with Crippen LogP contribution in [0.1, 0.15) is 25.2 Å². The Bertz CT molecular complexity index is 1330. The number of rotatable bonds is 2. The first-order valence-electron chi connectivity index (χ1n) is 10.6. The first kappa shape index (κ1) is 34.5. The van der Waals surface area contributed by atoms with Crippen LogP contribution >= 0.6 is 22.7 Å². The van der Waals surface area contributed by atoms with Crippen LogP contribution in [0.3, 0.4) is 0 Å². The van der Waals surface area contributed by atoms with Crippen LogP contribution in [-0.4, -0.2) is 25.6 Å². The van der Waals surface area contributed by atoms with E-state index in [1.54, 1.807) is 22.7 Å². The number of nitrogens with zero attached hydrogens (tertiary/aromatic N) is 4. The van der Waals surface area contributed by atoms with Gasteiger partial charge in [0.15, 0.2) is 0 Å². The molecule has 1 aliphatic heterocycles. The summed E-state index contributed by atoms with van der Waals surface area (Å²) in [5.74, 6) is 0. The third-order valence-corrected chi connectivity index (χ3v) is 6.55. The third kappa shape index (κ3) is 11.0. The van der Waals surface area contributed by atoms with E-state index in [4.69, 9.17) is 47.2 Å². The Labute approximate surface area is 260 Å². The van der Waals surface area contributed by atoms with Gasteiger partial charge in [-0.3, -0.25) is 0 Å². The van der Waals surface area contributed by atoms with E-state index in [0.717, 1.165) is 55.6 Å². The van der Waals surface area contributed by atoms with Gasteiger partial charge in [0.1, 0.15) is 27.1 Å². The van der Waals surface area contributed by atoms with Crippen molar-refractivity contribution in [1.82, 2.24) is 19.9 Å². The molecule has 1 aliphatic rings. The van der Waals surface area contributed by atoms with Crippen molar-refractivity contribution in [2.24, 2.45) is 0 Å². The van der Waals surface area contributed by atoms with Crippen LogP contribution in [0.2, 0.25) is 0 Å². The Hall–Kier alpha value is -1.66. The molecule has 0 spiro atoms. The van der Waals surface area contributed by atoms with Crippen molar-refractivity contribution in [1.29, 1.82) is 0 Å². The van der Waals surface area contributed by atoms with Crippen molar-refractivity contribution in [3.8, 4) is 32.8 Å². The average Bonchev–Trinajstić information content (AvgIpc) is 3.37. The van der Waals surface area contributed by atoms with Crippen molar-refractivity contribution >= 4 is 34.0 Å². The molecule has 19 heteroatoms. The Morgan fingerprint density at radius 3 is 1.23 bits per heavy atom. The number of aryl methyl sites for hydroxylation is 2. The summed E-state index contributed by atoms with van der Waals surface area (Å²) in [4.78, 5) is 19.1. The summed E-state index contributed by atoms with van der Waals surface area (Å²) >= 11 is 3.21. The van der Waals surface area contributed by atoms with Crippen molar-refractivity contribution in [3.63, 3.8) is 0 Å². The summed E-state index contributed by atoms with van der Waals surface area (Å²) in [6, 6.07) is 8.15. The number of pyridine rings is 2. The maximum Gasteiger partial charge on any atom is 2.00 e. The minimum Gasteiger partial charge on any atom is -0.361 e. The standard InChI is InChI=1S/C21H20N6S2.Cd.2ClHO4/c1-11-9-28-19(22-11)15-7-5-13-17(24-15)18-14(27-21(3,4)26-13)6-8-16(25-18)20-23-12(2)10-29-20;;2*2-1(3,4)5/h5-10,26-27H,1-4H3;;2*(H,2,3,4,5)/q;+2;;/p-2. The molecule has 14 nitrogen and oxygen atoms in total. The third-order valence-electron chi connectivity index (χ3n) is 4.59. The van der Waals surface area contributed by atoms with E-state index < -0.39 is 20.5 Å². The summed E-state index contributed by atoms with van der Waals surface area (Å²) in [7, 11) is -9.89. The van der Waals surface area contributed by atoms with E-state index in [-0.39, 0.29) is 33.0 Å². The zero-order chi connectivity index (χ0) is 29.2. The second-order valence-electron chi connectivity index (χ2n) is 8.40. The van der Waals surface area contributed by atoms with Crippen LogP contribution in [0.4, 0.5) is 11.4 Å². The van der Waals surface area contributed by atoms with Gasteiger partial charge in [-0.15, -0.1) is 43.2 Å². The number of fused-ring (bicyclic) bond motifs is 3. The molecule has 5 heterocycles. The first-order chi connectivity index (χ1) is 17.9. The molecule has 5 rings (SSSR count). The normalized spacial score (nSPS) is 13.4. The molecule has 4 aromatic heterocycles. The maximum absolute atomic E-state index is 8.49. The molecule has 0 saturated carbocycles. The van der Waals surface area contributed by atoms with Gasteiger partial charge >= 0.3 is 27.3 Å².